The molecule has 0 bridgehead atoms. The first-order valence-corrected chi connectivity index (χ1v) is 9.08. The molecule has 146 valence electrons. The summed E-state index contributed by atoms with van der Waals surface area (Å²) in [6.45, 7) is 1.73. The topological polar surface area (TPSA) is 59.6 Å². The van der Waals surface area contributed by atoms with E-state index in [0.717, 1.165) is 31.5 Å². The molecular weight excluding hydrogens is 342 g/mol. The fourth-order valence-electron chi connectivity index (χ4n) is 3.36. The van der Waals surface area contributed by atoms with Gasteiger partial charge in [-0.05, 0) is 61.9 Å². The molecule has 1 aliphatic rings. The minimum Gasteiger partial charge on any atom is -0.493 e. The van der Waals surface area contributed by atoms with E-state index >= 15 is 0 Å². The third-order valence-corrected chi connectivity index (χ3v) is 4.88. The summed E-state index contributed by atoms with van der Waals surface area (Å²) >= 11 is 0. The van der Waals surface area contributed by atoms with Crippen LogP contribution in [0.3, 0.4) is 0 Å². The lowest BCUT2D eigenvalue weighted by Gasteiger charge is -2.27. The zero-order valence-electron chi connectivity index (χ0n) is 15.4. The van der Waals surface area contributed by atoms with Gasteiger partial charge in [-0.15, -0.1) is 0 Å². The van der Waals surface area contributed by atoms with Gasteiger partial charge in [-0.1, -0.05) is 13.0 Å². The summed E-state index contributed by atoms with van der Waals surface area (Å²) in [5.74, 6) is 1.26. The van der Waals surface area contributed by atoms with Gasteiger partial charge in [-0.2, -0.15) is 8.78 Å². The number of halogens is 2. The fourth-order valence-corrected chi connectivity index (χ4v) is 3.36. The van der Waals surface area contributed by atoms with Gasteiger partial charge in [0.1, 0.15) is 0 Å². The predicted octanol–water partition coefficient (Wildman–Crippen LogP) is 2.98. The van der Waals surface area contributed by atoms with Crippen molar-refractivity contribution in [2.75, 3.05) is 26.7 Å². The monoisotopic (exact) mass is 370 g/mol. The first kappa shape index (κ1) is 20.4. The number of hydrogen-bond acceptors (Lipinski definition) is 4. The summed E-state index contributed by atoms with van der Waals surface area (Å²) in [7, 11) is 1.40. The van der Waals surface area contributed by atoms with E-state index in [-0.39, 0.29) is 17.4 Å². The zero-order valence-corrected chi connectivity index (χ0v) is 15.4. The van der Waals surface area contributed by atoms with Crippen LogP contribution in [0.25, 0.3) is 0 Å². The van der Waals surface area contributed by atoms with Gasteiger partial charge in [0.15, 0.2) is 11.5 Å². The number of benzene rings is 1. The first-order chi connectivity index (χ1) is 12.5. The summed E-state index contributed by atoms with van der Waals surface area (Å²) in [4.78, 5) is 12.1. The zero-order chi connectivity index (χ0) is 18.9. The van der Waals surface area contributed by atoms with Gasteiger partial charge in [-0.25, -0.2) is 0 Å². The van der Waals surface area contributed by atoms with E-state index in [1.54, 1.807) is 12.1 Å². The molecule has 1 unspecified atom stereocenters. The van der Waals surface area contributed by atoms with E-state index in [1.807, 2.05) is 0 Å². The van der Waals surface area contributed by atoms with E-state index in [1.165, 1.54) is 13.2 Å². The van der Waals surface area contributed by atoms with Crippen molar-refractivity contribution in [1.82, 2.24) is 10.6 Å². The van der Waals surface area contributed by atoms with E-state index in [2.05, 4.69) is 22.3 Å². The number of carbonyl (C=O) groups is 1. The van der Waals surface area contributed by atoms with Gasteiger partial charge in [-0.3, -0.25) is 4.79 Å². The Labute approximate surface area is 153 Å². The van der Waals surface area contributed by atoms with Crippen LogP contribution in [0.2, 0.25) is 0 Å². The number of amides is 1. The molecule has 7 heteroatoms. The summed E-state index contributed by atoms with van der Waals surface area (Å²) in [5.41, 5.74) is 0.799. The van der Waals surface area contributed by atoms with Gasteiger partial charge in [0.25, 0.3) is 0 Å². The van der Waals surface area contributed by atoms with Crippen molar-refractivity contribution < 1.29 is 23.0 Å². The number of carbonyl (C=O) groups excluding carboxylic acids is 1. The summed E-state index contributed by atoms with van der Waals surface area (Å²) in [6.07, 6.45) is 3.30. The molecule has 2 rings (SSSR count). The van der Waals surface area contributed by atoms with Crippen molar-refractivity contribution in [3.05, 3.63) is 23.8 Å². The average molecular weight is 370 g/mol. The molecule has 0 aromatic heterocycles. The Morgan fingerprint density at radius 3 is 2.69 bits per heavy atom. The van der Waals surface area contributed by atoms with Crippen molar-refractivity contribution in [2.24, 2.45) is 11.8 Å². The normalized spacial score (nSPS) is 16.3. The third-order valence-electron chi connectivity index (χ3n) is 4.88. The second-order valence-corrected chi connectivity index (χ2v) is 6.73. The number of rotatable bonds is 9. The smallest absolute Gasteiger partial charge is 0.387 e. The van der Waals surface area contributed by atoms with E-state index < -0.39 is 6.61 Å². The van der Waals surface area contributed by atoms with Crippen LogP contribution >= 0.6 is 0 Å². The van der Waals surface area contributed by atoms with Crippen LogP contribution < -0.4 is 20.1 Å². The lowest BCUT2D eigenvalue weighted by atomic mass is 9.84. The number of hydrogen-bond donors (Lipinski definition) is 2. The molecule has 0 saturated carbocycles. The standard InChI is InChI=1S/C19H28F2N2O3/c1-13(15-6-8-22-9-7-15)11-18(24)23-10-5-14-3-4-16(25-2)17(12-14)26-19(20)21/h3-4,12-13,15,19,22H,5-11H2,1-2H3,(H,23,24). The maximum absolute atomic E-state index is 12.5. The lowest BCUT2D eigenvalue weighted by molar-refractivity contribution is -0.122. The molecule has 5 nitrogen and oxygen atoms in total. The Bertz CT molecular complexity index is 578. The molecule has 1 aliphatic heterocycles. The van der Waals surface area contributed by atoms with Crippen molar-refractivity contribution in [2.45, 2.75) is 39.2 Å². The lowest BCUT2D eigenvalue weighted by Crippen LogP contribution is -2.34. The summed E-state index contributed by atoms with van der Waals surface area (Å²) in [5, 5.41) is 6.25. The van der Waals surface area contributed by atoms with Crippen molar-refractivity contribution >= 4 is 5.91 Å². The van der Waals surface area contributed by atoms with Crippen LogP contribution in [0.4, 0.5) is 8.78 Å². The van der Waals surface area contributed by atoms with E-state index in [0.29, 0.717) is 31.2 Å². The minimum absolute atomic E-state index is 0.00542. The molecular formula is C19H28F2N2O3. The Morgan fingerprint density at radius 1 is 1.31 bits per heavy atom. The molecule has 2 N–H and O–H groups in total. The number of ether oxygens (including phenoxy) is 2. The highest BCUT2D eigenvalue weighted by molar-refractivity contribution is 5.76. The predicted molar refractivity (Wildman–Crippen MR) is 95.7 cm³/mol. The van der Waals surface area contributed by atoms with E-state index in [4.69, 9.17) is 4.74 Å². The molecule has 1 saturated heterocycles. The Balaban J connectivity index is 1.78. The number of piperidine rings is 1. The average Bonchev–Trinajstić information content (AvgIpc) is 2.62. The van der Waals surface area contributed by atoms with Crippen LogP contribution in [-0.4, -0.2) is 39.3 Å². The van der Waals surface area contributed by atoms with Gasteiger partial charge in [0.05, 0.1) is 7.11 Å². The largest absolute Gasteiger partial charge is 0.493 e. The van der Waals surface area contributed by atoms with Crippen LogP contribution in [0.1, 0.15) is 31.7 Å². The highest BCUT2D eigenvalue weighted by Crippen LogP contribution is 2.29. The maximum Gasteiger partial charge on any atom is 0.387 e. The molecule has 0 radical (unpaired) electrons. The van der Waals surface area contributed by atoms with Crippen LogP contribution in [0.15, 0.2) is 18.2 Å². The first-order valence-electron chi connectivity index (χ1n) is 9.08. The number of nitrogens with one attached hydrogen (secondary N) is 2. The minimum atomic E-state index is -2.91. The highest BCUT2D eigenvalue weighted by atomic mass is 19.3. The summed E-state index contributed by atoms with van der Waals surface area (Å²) in [6, 6.07) is 4.89. The Kier molecular flexibility index (Phi) is 8.09. The highest BCUT2D eigenvalue weighted by Gasteiger charge is 2.21. The van der Waals surface area contributed by atoms with Crippen molar-refractivity contribution in [1.29, 1.82) is 0 Å². The van der Waals surface area contributed by atoms with E-state index in [9.17, 15) is 13.6 Å². The van der Waals surface area contributed by atoms with Crippen LogP contribution in [0.5, 0.6) is 11.5 Å². The SMILES string of the molecule is COc1ccc(CCNC(=O)CC(C)C2CCNCC2)cc1OC(F)F. The molecule has 0 spiro atoms. The van der Waals surface area contributed by atoms with Crippen molar-refractivity contribution in [3.63, 3.8) is 0 Å². The van der Waals surface area contributed by atoms with Gasteiger partial charge < -0.3 is 20.1 Å². The maximum atomic E-state index is 12.5. The number of alkyl halides is 2. The third kappa shape index (κ3) is 6.44. The molecule has 1 atom stereocenters. The molecule has 1 amide bonds. The van der Waals surface area contributed by atoms with Crippen LogP contribution in [-0.2, 0) is 11.2 Å². The second kappa shape index (κ2) is 10.3. The fraction of sp³-hybridized carbons (Fsp3) is 0.632. The van der Waals surface area contributed by atoms with Gasteiger partial charge in [0, 0.05) is 13.0 Å². The van der Waals surface area contributed by atoms with Crippen molar-refractivity contribution in [3.8, 4) is 11.5 Å². The molecule has 26 heavy (non-hydrogen) atoms. The molecule has 1 aromatic rings. The molecule has 1 fully saturated rings. The van der Waals surface area contributed by atoms with Gasteiger partial charge in [0.2, 0.25) is 5.91 Å². The quantitative estimate of drug-likeness (QED) is 0.702. The number of methoxy groups -OCH3 is 1. The summed E-state index contributed by atoms with van der Waals surface area (Å²) < 4.78 is 34.4. The molecule has 1 aromatic carbocycles. The van der Waals surface area contributed by atoms with Gasteiger partial charge >= 0.3 is 6.61 Å². The Hall–Kier alpha value is -1.89. The van der Waals surface area contributed by atoms with Crippen LogP contribution in [0, 0.1) is 11.8 Å². The Morgan fingerprint density at radius 2 is 2.04 bits per heavy atom. The second-order valence-electron chi connectivity index (χ2n) is 6.73. The molecule has 0 aliphatic carbocycles. The molecule has 1 heterocycles.